The van der Waals surface area contributed by atoms with Crippen LogP contribution in [-0.2, 0) is 6.54 Å². The first kappa shape index (κ1) is 19.1. The van der Waals surface area contributed by atoms with Crippen LogP contribution in [0.5, 0.6) is 11.5 Å². The molecule has 0 saturated heterocycles. The van der Waals surface area contributed by atoms with Gasteiger partial charge in [-0.15, -0.1) is 0 Å². The smallest absolute Gasteiger partial charge is 0.328 e. The van der Waals surface area contributed by atoms with Gasteiger partial charge in [-0.25, -0.2) is 4.79 Å². The first-order valence-electron chi connectivity index (χ1n) is 8.28. The monoisotopic (exact) mass is 384 g/mol. The van der Waals surface area contributed by atoms with E-state index in [0.717, 1.165) is 15.7 Å². The largest absolute Gasteiger partial charge is 0.493 e. The Morgan fingerprint density at radius 1 is 1.07 bits per heavy atom. The minimum atomic E-state index is -1.13. The summed E-state index contributed by atoms with van der Waals surface area (Å²) < 4.78 is 24.9. The highest BCUT2D eigenvalue weighted by molar-refractivity contribution is 5.96. The molecule has 7 nitrogen and oxygen atoms in total. The third kappa shape index (κ3) is 3.71. The van der Waals surface area contributed by atoms with Gasteiger partial charge >= 0.3 is 5.69 Å². The molecule has 0 bridgehead atoms. The van der Waals surface area contributed by atoms with E-state index in [1.54, 1.807) is 44.6 Å². The van der Waals surface area contributed by atoms with Gasteiger partial charge in [0.2, 0.25) is 5.82 Å². The third-order valence-electron chi connectivity index (χ3n) is 4.20. The maximum Gasteiger partial charge on any atom is 0.328 e. The van der Waals surface area contributed by atoms with E-state index in [4.69, 9.17) is 9.47 Å². The number of Topliss-reactive ketones (excluding diaryl/α,β-unsaturated/α-hetero) is 1. The fraction of sp³-hybridized carbons (Fsp3) is 0.150. The van der Waals surface area contributed by atoms with Crippen molar-refractivity contribution in [2.75, 3.05) is 14.2 Å². The van der Waals surface area contributed by atoms with Crippen LogP contribution in [0.3, 0.4) is 0 Å². The van der Waals surface area contributed by atoms with Gasteiger partial charge in [0, 0.05) is 11.1 Å². The maximum absolute atomic E-state index is 13.3. The van der Waals surface area contributed by atoms with Gasteiger partial charge in [0.15, 0.2) is 17.3 Å². The number of carbonyl (C=O) groups excluding carboxylic acids is 1. The molecule has 0 unspecified atom stereocenters. The number of methoxy groups -OCH3 is 2. The lowest BCUT2D eigenvalue weighted by Gasteiger charge is -2.13. The number of nitrogens with one attached hydrogen (secondary N) is 1. The summed E-state index contributed by atoms with van der Waals surface area (Å²) in [4.78, 5) is 37.0. The molecular weight excluding hydrogens is 367 g/mol. The summed E-state index contributed by atoms with van der Waals surface area (Å²) in [7, 11) is 3.09. The summed E-state index contributed by atoms with van der Waals surface area (Å²) in [6.07, 6.45) is 0.717. The Balaban J connectivity index is 1.87. The summed E-state index contributed by atoms with van der Waals surface area (Å²) in [6.45, 7) is -0.394. The summed E-state index contributed by atoms with van der Waals surface area (Å²) in [5.41, 5.74) is -0.0359. The van der Waals surface area contributed by atoms with Crippen molar-refractivity contribution in [3.05, 3.63) is 80.9 Å². The van der Waals surface area contributed by atoms with Crippen molar-refractivity contribution in [3.63, 3.8) is 0 Å². The Hall–Kier alpha value is -3.68. The molecule has 144 valence electrons. The minimum absolute atomic E-state index is 0.337. The normalized spacial score (nSPS) is 10.5. The molecule has 0 aliphatic heterocycles. The predicted molar refractivity (Wildman–Crippen MR) is 101 cm³/mol. The highest BCUT2D eigenvalue weighted by atomic mass is 19.1. The van der Waals surface area contributed by atoms with Crippen molar-refractivity contribution >= 4 is 5.78 Å². The molecule has 2 aromatic carbocycles. The summed E-state index contributed by atoms with van der Waals surface area (Å²) in [5, 5.41) is 0. The molecule has 0 aliphatic carbocycles. The number of H-pyrrole nitrogens is 1. The topological polar surface area (TPSA) is 90.4 Å². The molecule has 0 saturated carbocycles. The molecule has 3 aromatic rings. The lowest BCUT2D eigenvalue weighted by Crippen LogP contribution is -2.33. The fourth-order valence-electron chi connectivity index (χ4n) is 2.80. The second-order valence-electron chi connectivity index (χ2n) is 5.91. The molecule has 0 fully saturated rings. The van der Waals surface area contributed by atoms with E-state index in [1.807, 2.05) is 17.1 Å². The van der Waals surface area contributed by atoms with Gasteiger partial charge in [-0.3, -0.25) is 19.1 Å². The highest BCUT2D eigenvalue weighted by Gasteiger charge is 2.14. The van der Waals surface area contributed by atoms with Gasteiger partial charge in [-0.05, 0) is 11.6 Å². The lowest BCUT2D eigenvalue weighted by molar-refractivity contribution is 0.0970. The second kappa shape index (κ2) is 7.91. The number of halogens is 1. The van der Waals surface area contributed by atoms with Gasteiger partial charge in [-0.2, -0.15) is 4.39 Å². The predicted octanol–water partition coefficient (Wildman–Crippen LogP) is 2.24. The van der Waals surface area contributed by atoms with Crippen molar-refractivity contribution in [1.29, 1.82) is 0 Å². The minimum Gasteiger partial charge on any atom is -0.493 e. The zero-order chi connectivity index (χ0) is 20.3. The average Bonchev–Trinajstić information content (AvgIpc) is 2.71. The molecule has 1 heterocycles. The number of ketones is 1. The van der Waals surface area contributed by atoms with Crippen molar-refractivity contribution in [1.82, 2.24) is 9.55 Å². The zero-order valence-electron chi connectivity index (χ0n) is 15.2. The Morgan fingerprint density at radius 3 is 2.43 bits per heavy atom. The van der Waals surface area contributed by atoms with Gasteiger partial charge in [0.25, 0.3) is 5.56 Å². The number of nitrogens with zero attached hydrogens (tertiary/aromatic N) is 1. The first-order chi connectivity index (χ1) is 13.4. The number of aromatic amines is 1. The maximum atomic E-state index is 13.3. The van der Waals surface area contributed by atoms with E-state index in [-0.39, 0.29) is 0 Å². The molecule has 1 aromatic heterocycles. The number of carbonyl (C=O) groups is 1. The lowest BCUT2D eigenvalue weighted by atomic mass is 10.0. The van der Waals surface area contributed by atoms with Gasteiger partial charge in [-0.1, -0.05) is 36.4 Å². The summed E-state index contributed by atoms with van der Waals surface area (Å²) in [5.74, 6) is -0.385. The van der Waals surface area contributed by atoms with Crippen molar-refractivity contribution in [3.8, 4) is 22.6 Å². The molecule has 3 rings (SSSR count). The van der Waals surface area contributed by atoms with E-state index in [9.17, 15) is 18.8 Å². The number of ether oxygens (including phenoxy) is 2. The van der Waals surface area contributed by atoms with Crippen LogP contribution >= 0.6 is 0 Å². The van der Waals surface area contributed by atoms with Gasteiger partial charge in [0.1, 0.15) is 0 Å². The fourth-order valence-corrected chi connectivity index (χ4v) is 2.80. The molecule has 0 radical (unpaired) electrons. The highest BCUT2D eigenvalue weighted by Crippen LogP contribution is 2.37. The van der Waals surface area contributed by atoms with Crippen LogP contribution in [0.25, 0.3) is 11.1 Å². The van der Waals surface area contributed by atoms with Crippen LogP contribution in [0.4, 0.5) is 4.39 Å². The molecule has 0 atom stereocenters. The molecule has 28 heavy (non-hydrogen) atoms. The van der Waals surface area contributed by atoms with Crippen LogP contribution in [0.1, 0.15) is 10.4 Å². The zero-order valence-corrected chi connectivity index (χ0v) is 15.2. The van der Waals surface area contributed by atoms with Crippen LogP contribution in [0.2, 0.25) is 0 Å². The summed E-state index contributed by atoms with van der Waals surface area (Å²) in [6, 6.07) is 12.1. The Bertz CT molecular complexity index is 1130. The van der Waals surface area contributed by atoms with Crippen LogP contribution in [0, 0.1) is 5.82 Å². The van der Waals surface area contributed by atoms with Crippen LogP contribution < -0.4 is 20.7 Å². The summed E-state index contributed by atoms with van der Waals surface area (Å²) >= 11 is 0. The van der Waals surface area contributed by atoms with Crippen LogP contribution in [-0.4, -0.2) is 29.6 Å². The SMILES string of the molecule is COc1cccc(-c2ccc(C(=O)Cn3cc(F)c(=O)[nH]c3=O)cc2)c1OC. The number of hydrogen-bond acceptors (Lipinski definition) is 5. The number of rotatable bonds is 6. The molecule has 1 N–H and O–H groups in total. The Kier molecular flexibility index (Phi) is 5.39. The number of hydrogen-bond donors (Lipinski definition) is 1. The standard InChI is InChI=1S/C20H17FN2O5/c1-27-17-5-3-4-14(18(17)28-2)12-6-8-13(9-7-12)16(24)11-23-10-15(21)19(25)22-20(23)26/h3-10H,11H2,1-2H3,(H,22,25,26). The van der Waals surface area contributed by atoms with Crippen LogP contribution in [0.15, 0.2) is 58.3 Å². The van der Waals surface area contributed by atoms with Crippen molar-refractivity contribution < 1.29 is 18.7 Å². The van der Waals surface area contributed by atoms with Gasteiger partial charge in [0.05, 0.1) is 27.0 Å². The Morgan fingerprint density at radius 2 is 1.79 bits per heavy atom. The van der Waals surface area contributed by atoms with E-state index in [1.165, 1.54) is 0 Å². The number of benzene rings is 2. The number of para-hydroxylation sites is 1. The van der Waals surface area contributed by atoms with E-state index < -0.39 is 29.4 Å². The molecule has 0 spiro atoms. The van der Waals surface area contributed by atoms with Crippen molar-refractivity contribution in [2.45, 2.75) is 6.54 Å². The average molecular weight is 384 g/mol. The molecule has 0 aliphatic rings. The molecule has 8 heteroatoms. The quantitative estimate of drug-likeness (QED) is 0.659. The van der Waals surface area contributed by atoms with E-state index in [0.29, 0.717) is 23.3 Å². The van der Waals surface area contributed by atoms with E-state index >= 15 is 0 Å². The van der Waals surface area contributed by atoms with E-state index in [2.05, 4.69) is 0 Å². The second-order valence-corrected chi connectivity index (χ2v) is 5.91. The number of aromatic nitrogens is 2. The molecule has 0 amide bonds. The Labute approximate surface area is 159 Å². The van der Waals surface area contributed by atoms with Crippen molar-refractivity contribution in [2.24, 2.45) is 0 Å². The first-order valence-corrected chi connectivity index (χ1v) is 8.28. The molecular formula is C20H17FN2O5. The van der Waals surface area contributed by atoms with Gasteiger partial charge < -0.3 is 9.47 Å². The third-order valence-corrected chi connectivity index (χ3v) is 4.20.